The second-order valence-corrected chi connectivity index (χ2v) is 10.4. The van der Waals surface area contributed by atoms with Crippen molar-refractivity contribution >= 4 is 39.5 Å². The Morgan fingerprint density at radius 2 is 1.94 bits per heavy atom. The zero-order valence-corrected chi connectivity index (χ0v) is 21.1. The van der Waals surface area contributed by atoms with E-state index in [1.54, 1.807) is 19.9 Å². The standard InChI is InChI=1S/C24H26N4O4S2/c1-5-6-7-11-32-17-10-8-9-16(12-17)19-18(20(29)22-13(2)25-14(3)33-22)21(30)23(31)28(19)24-27-26-15(4)34-24/h8-10,12,19,30H,5-7,11H2,1-4H3. The number of anilines is 1. The maximum Gasteiger partial charge on any atom is 0.296 e. The minimum atomic E-state index is -0.867. The van der Waals surface area contributed by atoms with Gasteiger partial charge in [-0.05, 0) is 44.9 Å². The normalized spacial score (nSPS) is 15.9. The van der Waals surface area contributed by atoms with Gasteiger partial charge in [-0.1, -0.05) is 43.2 Å². The van der Waals surface area contributed by atoms with Crippen LogP contribution in [-0.2, 0) is 4.79 Å². The number of rotatable bonds is 9. The number of thiazole rings is 1. The van der Waals surface area contributed by atoms with E-state index in [-0.39, 0.29) is 5.57 Å². The zero-order chi connectivity index (χ0) is 24.4. The fourth-order valence-corrected chi connectivity index (χ4v) is 5.50. The molecule has 10 heteroatoms. The molecule has 2 aromatic heterocycles. The fraction of sp³-hybridized carbons (Fsp3) is 0.375. The van der Waals surface area contributed by atoms with Crippen LogP contribution in [0.15, 0.2) is 35.6 Å². The minimum Gasteiger partial charge on any atom is -0.503 e. The third-order valence-electron chi connectivity index (χ3n) is 5.47. The lowest BCUT2D eigenvalue weighted by atomic mass is 9.95. The Bertz CT molecular complexity index is 1260. The van der Waals surface area contributed by atoms with E-state index in [4.69, 9.17) is 4.74 Å². The number of unbranched alkanes of at least 4 members (excludes halogenated alkanes) is 2. The number of carbonyl (C=O) groups excluding carboxylic acids is 2. The van der Waals surface area contributed by atoms with Crippen molar-refractivity contribution in [2.24, 2.45) is 0 Å². The Hall–Kier alpha value is -3.11. The highest BCUT2D eigenvalue weighted by Crippen LogP contribution is 2.44. The number of aromatic nitrogens is 3. The maximum absolute atomic E-state index is 13.6. The second-order valence-electron chi connectivity index (χ2n) is 8.05. The monoisotopic (exact) mass is 498 g/mol. The molecular formula is C24H26N4O4S2. The molecule has 1 amide bonds. The first-order valence-corrected chi connectivity index (χ1v) is 12.7. The van der Waals surface area contributed by atoms with Gasteiger partial charge in [-0.15, -0.1) is 21.5 Å². The Labute approximate surface area is 205 Å². The molecule has 1 unspecified atom stereocenters. The van der Waals surface area contributed by atoms with E-state index >= 15 is 0 Å². The highest BCUT2D eigenvalue weighted by atomic mass is 32.1. The number of Topliss-reactive ketones (excluding diaryl/α,β-unsaturated/α-hetero) is 1. The van der Waals surface area contributed by atoms with Crippen molar-refractivity contribution in [3.8, 4) is 5.75 Å². The molecule has 34 heavy (non-hydrogen) atoms. The van der Waals surface area contributed by atoms with E-state index < -0.39 is 23.5 Å². The summed E-state index contributed by atoms with van der Waals surface area (Å²) < 4.78 is 5.91. The van der Waals surface area contributed by atoms with Crippen LogP contribution in [-0.4, -0.2) is 38.6 Å². The van der Waals surface area contributed by atoms with Gasteiger partial charge in [0.15, 0.2) is 5.76 Å². The molecule has 1 aromatic carbocycles. The van der Waals surface area contributed by atoms with Gasteiger partial charge in [-0.3, -0.25) is 14.5 Å². The number of hydrogen-bond acceptors (Lipinski definition) is 9. The summed E-state index contributed by atoms with van der Waals surface area (Å²) in [6.07, 6.45) is 3.10. The quantitative estimate of drug-likeness (QED) is 0.316. The topological polar surface area (TPSA) is 106 Å². The molecular weight excluding hydrogens is 472 g/mol. The molecule has 0 radical (unpaired) electrons. The lowest BCUT2D eigenvalue weighted by Crippen LogP contribution is -2.31. The van der Waals surface area contributed by atoms with E-state index in [1.165, 1.54) is 27.6 Å². The zero-order valence-electron chi connectivity index (χ0n) is 19.5. The predicted molar refractivity (Wildman–Crippen MR) is 132 cm³/mol. The van der Waals surface area contributed by atoms with Crippen molar-refractivity contribution in [1.29, 1.82) is 0 Å². The number of aryl methyl sites for hydroxylation is 3. The Morgan fingerprint density at radius 3 is 2.59 bits per heavy atom. The average molecular weight is 499 g/mol. The van der Waals surface area contributed by atoms with Crippen molar-refractivity contribution in [2.45, 2.75) is 53.0 Å². The summed E-state index contributed by atoms with van der Waals surface area (Å²) in [5.74, 6) is -1.05. The van der Waals surface area contributed by atoms with E-state index in [2.05, 4.69) is 22.1 Å². The van der Waals surface area contributed by atoms with E-state index in [0.717, 1.165) is 24.3 Å². The van der Waals surface area contributed by atoms with Crippen LogP contribution in [0.5, 0.6) is 5.75 Å². The summed E-state index contributed by atoms with van der Waals surface area (Å²) in [4.78, 5) is 33.0. The summed E-state index contributed by atoms with van der Waals surface area (Å²) >= 11 is 2.47. The van der Waals surface area contributed by atoms with Crippen LogP contribution in [0.1, 0.15) is 63.2 Å². The molecule has 178 valence electrons. The van der Waals surface area contributed by atoms with Crippen LogP contribution in [0.4, 0.5) is 5.13 Å². The first-order chi connectivity index (χ1) is 16.3. The Morgan fingerprint density at radius 1 is 1.15 bits per heavy atom. The van der Waals surface area contributed by atoms with Crippen LogP contribution >= 0.6 is 22.7 Å². The summed E-state index contributed by atoms with van der Waals surface area (Å²) in [7, 11) is 0. The molecule has 0 fully saturated rings. The summed E-state index contributed by atoms with van der Waals surface area (Å²) in [6.45, 7) is 8.05. The largest absolute Gasteiger partial charge is 0.503 e. The second kappa shape index (κ2) is 10.0. The summed E-state index contributed by atoms with van der Waals surface area (Å²) in [6, 6.07) is 6.41. The number of hydrogen-bond donors (Lipinski definition) is 1. The van der Waals surface area contributed by atoms with Gasteiger partial charge in [-0.25, -0.2) is 4.98 Å². The third kappa shape index (κ3) is 4.60. The number of carbonyl (C=O) groups is 2. The minimum absolute atomic E-state index is 0.00716. The Balaban J connectivity index is 1.78. The molecule has 0 saturated heterocycles. The molecule has 3 heterocycles. The van der Waals surface area contributed by atoms with Gasteiger partial charge in [0.1, 0.15) is 10.8 Å². The van der Waals surface area contributed by atoms with Crippen LogP contribution in [0.3, 0.4) is 0 Å². The highest BCUT2D eigenvalue weighted by Gasteiger charge is 2.46. The van der Waals surface area contributed by atoms with Gasteiger partial charge >= 0.3 is 0 Å². The van der Waals surface area contributed by atoms with Crippen molar-refractivity contribution in [3.63, 3.8) is 0 Å². The average Bonchev–Trinajstić information content (AvgIpc) is 3.46. The van der Waals surface area contributed by atoms with Crippen molar-refractivity contribution in [3.05, 3.63) is 61.7 Å². The van der Waals surface area contributed by atoms with E-state index in [1.807, 2.05) is 25.1 Å². The van der Waals surface area contributed by atoms with Gasteiger partial charge in [0.25, 0.3) is 5.91 Å². The number of amides is 1. The fourth-order valence-electron chi connectivity index (χ4n) is 3.91. The molecule has 1 aliphatic heterocycles. The lowest BCUT2D eigenvalue weighted by Gasteiger charge is -2.24. The SMILES string of the molecule is CCCCCOc1cccc(C2C(C(=O)c3sc(C)nc3C)=C(O)C(=O)N2c2nnc(C)s2)c1. The number of aliphatic hydroxyl groups excluding tert-OH is 1. The van der Waals surface area contributed by atoms with Gasteiger partial charge in [-0.2, -0.15) is 0 Å². The van der Waals surface area contributed by atoms with Crippen LogP contribution < -0.4 is 9.64 Å². The molecule has 1 atom stereocenters. The number of benzene rings is 1. The summed E-state index contributed by atoms with van der Waals surface area (Å²) in [5, 5.41) is 20.8. The number of ether oxygens (including phenoxy) is 1. The first kappa shape index (κ1) is 24.0. The molecule has 1 N–H and O–H groups in total. The molecule has 0 spiro atoms. The van der Waals surface area contributed by atoms with Crippen LogP contribution in [0.2, 0.25) is 0 Å². The lowest BCUT2D eigenvalue weighted by molar-refractivity contribution is -0.117. The number of nitrogens with zero attached hydrogens (tertiary/aromatic N) is 4. The third-order valence-corrected chi connectivity index (χ3v) is 7.38. The molecule has 3 aromatic rings. The number of aliphatic hydroxyl groups is 1. The molecule has 0 saturated carbocycles. The molecule has 8 nitrogen and oxygen atoms in total. The Kier molecular flexibility index (Phi) is 7.08. The predicted octanol–water partition coefficient (Wildman–Crippen LogP) is 5.27. The number of ketones is 1. The van der Waals surface area contributed by atoms with Crippen molar-refractivity contribution in [2.75, 3.05) is 11.5 Å². The van der Waals surface area contributed by atoms with E-state index in [9.17, 15) is 14.7 Å². The van der Waals surface area contributed by atoms with Gasteiger partial charge < -0.3 is 9.84 Å². The van der Waals surface area contributed by atoms with Crippen molar-refractivity contribution < 1.29 is 19.4 Å². The summed E-state index contributed by atoms with van der Waals surface area (Å²) in [5.41, 5.74) is 1.21. The van der Waals surface area contributed by atoms with E-state index in [0.29, 0.717) is 38.6 Å². The maximum atomic E-state index is 13.6. The van der Waals surface area contributed by atoms with Crippen molar-refractivity contribution in [1.82, 2.24) is 15.2 Å². The molecule has 1 aliphatic rings. The van der Waals surface area contributed by atoms with Gasteiger partial charge in [0.2, 0.25) is 10.9 Å². The highest BCUT2D eigenvalue weighted by molar-refractivity contribution is 7.15. The molecule has 4 rings (SSSR count). The van der Waals surface area contributed by atoms with Crippen LogP contribution in [0, 0.1) is 20.8 Å². The molecule has 0 bridgehead atoms. The molecule has 0 aliphatic carbocycles. The smallest absolute Gasteiger partial charge is 0.296 e. The first-order valence-electron chi connectivity index (χ1n) is 11.1. The van der Waals surface area contributed by atoms with Crippen LogP contribution in [0.25, 0.3) is 0 Å². The van der Waals surface area contributed by atoms with Gasteiger partial charge in [0.05, 0.1) is 33.8 Å². The van der Waals surface area contributed by atoms with Gasteiger partial charge in [0, 0.05) is 0 Å².